The van der Waals surface area contributed by atoms with Gasteiger partial charge >= 0.3 is 0 Å². The highest BCUT2D eigenvalue weighted by Gasteiger charge is 2.16. The van der Waals surface area contributed by atoms with E-state index in [4.69, 9.17) is 5.73 Å². The van der Waals surface area contributed by atoms with E-state index in [0.717, 1.165) is 0 Å². The molecule has 72 valence electrons. The Morgan fingerprint density at radius 2 is 2.23 bits per heavy atom. The third kappa shape index (κ3) is 1.94. The zero-order valence-electron chi connectivity index (χ0n) is 6.48. The van der Waals surface area contributed by atoms with Crippen molar-refractivity contribution in [3.8, 4) is 0 Å². The van der Waals surface area contributed by atoms with E-state index in [0.29, 0.717) is 0 Å². The molecule has 0 radical (unpaired) electrons. The van der Waals surface area contributed by atoms with Crippen LogP contribution in [0.15, 0.2) is 15.5 Å². The zero-order chi connectivity index (χ0) is 10.0. The van der Waals surface area contributed by atoms with Gasteiger partial charge in [-0.3, -0.25) is 4.79 Å². The Hall–Kier alpha value is -0.750. The molecule has 0 atom stereocenters. The molecule has 0 amide bonds. The topological polar surface area (TPSA) is 58.9 Å². The molecule has 1 aromatic rings. The summed E-state index contributed by atoms with van der Waals surface area (Å²) >= 11 is 2.93. The number of pyridine rings is 1. The maximum Gasteiger partial charge on any atom is 0.278 e. The van der Waals surface area contributed by atoms with Crippen LogP contribution in [0.4, 0.5) is 8.78 Å². The van der Waals surface area contributed by atoms with Crippen LogP contribution in [0, 0.1) is 0 Å². The largest absolute Gasteiger partial charge is 0.359 e. The van der Waals surface area contributed by atoms with Gasteiger partial charge in [0.2, 0.25) is 5.43 Å². The average molecular weight is 253 g/mol. The van der Waals surface area contributed by atoms with E-state index in [1.165, 1.54) is 6.20 Å². The van der Waals surface area contributed by atoms with E-state index in [1.54, 1.807) is 0 Å². The second-order valence-corrected chi connectivity index (χ2v) is 3.22. The number of hydrogen-bond acceptors (Lipinski definition) is 2. The van der Waals surface area contributed by atoms with Gasteiger partial charge in [-0.05, 0) is 15.9 Å². The molecule has 0 aliphatic rings. The van der Waals surface area contributed by atoms with Gasteiger partial charge in [-0.25, -0.2) is 8.78 Å². The number of hydrogen-bond donors (Lipinski definition) is 2. The Balaban J connectivity index is 3.39. The molecule has 0 saturated carbocycles. The minimum absolute atomic E-state index is 0.0793. The molecule has 0 saturated heterocycles. The standard InChI is InChI=1S/C7H7BrF2N2O/c8-4-2-12-5(7(9)10)3(1-11)6(4)13/h2,7H,1,11H2,(H,12,13). The van der Waals surface area contributed by atoms with Crippen LogP contribution in [0.5, 0.6) is 0 Å². The molecule has 0 spiro atoms. The minimum atomic E-state index is -2.71. The number of halogens is 3. The second kappa shape index (κ2) is 3.97. The van der Waals surface area contributed by atoms with E-state index in [9.17, 15) is 13.6 Å². The first-order valence-electron chi connectivity index (χ1n) is 3.46. The molecule has 0 aliphatic carbocycles. The maximum absolute atomic E-state index is 12.3. The lowest BCUT2D eigenvalue weighted by Gasteiger charge is -2.05. The monoisotopic (exact) mass is 252 g/mol. The van der Waals surface area contributed by atoms with Gasteiger partial charge < -0.3 is 10.7 Å². The smallest absolute Gasteiger partial charge is 0.278 e. The van der Waals surface area contributed by atoms with Crippen molar-refractivity contribution < 1.29 is 8.78 Å². The van der Waals surface area contributed by atoms with Crippen LogP contribution < -0.4 is 11.2 Å². The van der Waals surface area contributed by atoms with Gasteiger partial charge in [0.15, 0.2) is 0 Å². The predicted molar refractivity (Wildman–Crippen MR) is 47.6 cm³/mol. The fourth-order valence-electron chi connectivity index (χ4n) is 0.958. The van der Waals surface area contributed by atoms with Crippen LogP contribution in [0.25, 0.3) is 0 Å². The Morgan fingerprint density at radius 1 is 1.62 bits per heavy atom. The molecule has 1 rings (SSSR count). The van der Waals surface area contributed by atoms with Crippen LogP contribution >= 0.6 is 15.9 Å². The molecule has 3 N–H and O–H groups in total. The Morgan fingerprint density at radius 3 is 2.69 bits per heavy atom. The van der Waals surface area contributed by atoms with Crippen LogP contribution in [0.3, 0.4) is 0 Å². The van der Waals surface area contributed by atoms with Crippen molar-refractivity contribution in [2.75, 3.05) is 0 Å². The van der Waals surface area contributed by atoms with Gasteiger partial charge in [0.25, 0.3) is 6.43 Å². The van der Waals surface area contributed by atoms with E-state index in [1.807, 2.05) is 0 Å². The van der Waals surface area contributed by atoms with Crippen molar-refractivity contribution in [2.24, 2.45) is 5.73 Å². The van der Waals surface area contributed by atoms with Gasteiger partial charge in [-0.1, -0.05) is 0 Å². The number of aromatic amines is 1. The normalized spacial score (nSPS) is 10.8. The summed E-state index contributed by atoms with van der Waals surface area (Å²) in [6.45, 7) is -0.200. The molecule has 0 bridgehead atoms. The number of aromatic nitrogens is 1. The van der Waals surface area contributed by atoms with Gasteiger partial charge in [-0.15, -0.1) is 0 Å². The van der Waals surface area contributed by atoms with Gasteiger partial charge in [0, 0.05) is 18.3 Å². The van der Waals surface area contributed by atoms with Crippen molar-refractivity contribution in [3.63, 3.8) is 0 Å². The number of nitrogens with two attached hydrogens (primary N) is 1. The summed E-state index contributed by atoms with van der Waals surface area (Å²) in [7, 11) is 0. The molecule has 0 aliphatic heterocycles. The van der Waals surface area contributed by atoms with E-state index >= 15 is 0 Å². The van der Waals surface area contributed by atoms with Gasteiger partial charge in [0.05, 0.1) is 10.2 Å². The SMILES string of the molecule is NCc1c(C(F)F)[nH]cc(Br)c1=O. The maximum atomic E-state index is 12.3. The molecular formula is C7H7BrF2N2O. The molecule has 1 aromatic heterocycles. The molecule has 0 unspecified atom stereocenters. The van der Waals surface area contributed by atoms with Crippen molar-refractivity contribution in [1.82, 2.24) is 4.98 Å². The summed E-state index contributed by atoms with van der Waals surface area (Å²) < 4.78 is 24.8. The quantitative estimate of drug-likeness (QED) is 0.839. The summed E-state index contributed by atoms with van der Waals surface area (Å²) in [4.78, 5) is 13.6. The van der Waals surface area contributed by atoms with E-state index in [2.05, 4.69) is 20.9 Å². The number of nitrogens with one attached hydrogen (secondary N) is 1. The summed E-state index contributed by atoms with van der Waals surface area (Å²) in [5.74, 6) is 0. The number of alkyl halides is 2. The summed E-state index contributed by atoms with van der Waals surface area (Å²) in [5.41, 5.74) is 4.21. The molecule has 3 nitrogen and oxygen atoms in total. The molecular weight excluding hydrogens is 246 g/mol. The third-order valence-corrected chi connectivity index (χ3v) is 2.18. The van der Waals surface area contributed by atoms with Crippen LogP contribution in [-0.2, 0) is 6.54 Å². The van der Waals surface area contributed by atoms with E-state index < -0.39 is 17.5 Å². The first kappa shape index (κ1) is 10.3. The van der Waals surface area contributed by atoms with Crippen LogP contribution in [-0.4, -0.2) is 4.98 Å². The second-order valence-electron chi connectivity index (χ2n) is 2.36. The lowest BCUT2D eigenvalue weighted by atomic mass is 10.2. The lowest BCUT2D eigenvalue weighted by molar-refractivity contribution is 0.144. The zero-order valence-corrected chi connectivity index (χ0v) is 8.07. The molecule has 0 fully saturated rings. The Labute approximate surface area is 81.1 Å². The molecule has 1 heterocycles. The van der Waals surface area contributed by atoms with Gasteiger partial charge in [0.1, 0.15) is 0 Å². The van der Waals surface area contributed by atoms with Crippen LogP contribution in [0.2, 0.25) is 0 Å². The Bertz CT molecular complexity index is 364. The molecule has 0 aromatic carbocycles. The van der Waals surface area contributed by atoms with Crippen molar-refractivity contribution in [3.05, 3.63) is 32.2 Å². The predicted octanol–water partition coefficient (Wildman–Crippen LogP) is 1.53. The first-order chi connectivity index (χ1) is 6.07. The highest BCUT2D eigenvalue weighted by atomic mass is 79.9. The first-order valence-corrected chi connectivity index (χ1v) is 4.25. The number of rotatable bonds is 2. The molecule has 13 heavy (non-hydrogen) atoms. The summed E-state index contributed by atoms with van der Waals surface area (Å²) in [6, 6.07) is 0. The van der Waals surface area contributed by atoms with Crippen LogP contribution in [0.1, 0.15) is 17.7 Å². The Kier molecular flexibility index (Phi) is 3.16. The fraction of sp³-hybridized carbons (Fsp3) is 0.286. The highest BCUT2D eigenvalue weighted by Crippen LogP contribution is 2.19. The van der Waals surface area contributed by atoms with Gasteiger partial charge in [-0.2, -0.15) is 0 Å². The fourth-order valence-corrected chi connectivity index (χ4v) is 1.31. The minimum Gasteiger partial charge on any atom is -0.359 e. The van der Waals surface area contributed by atoms with Crippen molar-refractivity contribution in [1.29, 1.82) is 0 Å². The highest BCUT2D eigenvalue weighted by molar-refractivity contribution is 9.10. The van der Waals surface area contributed by atoms with E-state index in [-0.39, 0.29) is 16.6 Å². The molecule has 6 heteroatoms. The average Bonchev–Trinajstić information content (AvgIpc) is 2.09. The third-order valence-electron chi connectivity index (χ3n) is 1.59. The lowest BCUT2D eigenvalue weighted by Crippen LogP contribution is -2.18. The number of H-pyrrole nitrogens is 1. The summed E-state index contributed by atoms with van der Waals surface area (Å²) in [6.07, 6.45) is -1.53. The van der Waals surface area contributed by atoms with Crippen molar-refractivity contribution in [2.45, 2.75) is 13.0 Å². The summed E-state index contributed by atoms with van der Waals surface area (Å²) in [5, 5.41) is 0. The van der Waals surface area contributed by atoms with Crippen molar-refractivity contribution >= 4 is 15.9 Å².